The van der Waals surface area contributed by atoms with Gasteiger partial charge in [0.25, 0.3) is 0 Å². The van der Waals surface area contributed by atoms with E-state index in [1.807, 2.05) is 29.9 Å². The number of aromatic nitrogens is 1. The molecule has 1 aromatic heterocycles. The van der Waals surface area contributed by atoms with Crippen LogP contribution in [-0.2, 0) is 11.9 Å². The summed E-state index contributed by atoms with van der Waals surface area (Å²) in [6.45, 7) is 3.36. The molecule has 0 aliphatic carbocycles. The summed E-state index contributed by atoms with van der Waals surface area (Å²) in [6, 6.07) is 5.96. The predicted molar refractivity (Wildman–Crippen MR) is 81.3 cm³/mol. The molecule has 1 aromatic carbocycles. The topological polar surface area (TPSA) is 31.4 Å². The highest BCUT2D eigenvalue weighted by Crippen LogP contribution is 2.28. The van der Waals surface area contributed by atoms with E-state index >= 15 is 0 Å². The fraction of sp³-hybridized carbons (Fsp3) is 0.357. The molecular weight excluding hydrogens is 326 g/mol. The molecule has 0 unspecified atom stereocenters. The number of benzene rings is 1. The third-order valence-electron chi connectivity index (χ3n) is 2.51. The fourth-order valence-corrected chi connectivity index (χ4v) is 2.52. The molecular formula is C14H16BrNO2S. The molecule has 19 heavy (non-hydrogen) atoms. The number of ether oxygens (including phenoxy) is 2. The first-order valence-corrected chi connectivity index (χ1v) is 8.15. The summed E-state index contributed by atoms with van der Waals surface area (Å²) in [5.41, 5.74) is 2.93. The zero-order valence-electron chi connectivity index (χ0n) is 10.8. The van der Waals surface area contributed by atoms with Crippen molar-refractivity contribution < 1.29 is 9.47 Å². The summed E-state index contributed by atoms with van der Waals surface area (Å²) in [7, 11) is 0. The first-order chi connectivity index (χ1) is 9.33. The molecule has 0 spiro atoms. The van der Waals surface area contributed by atoms with Crippen LogP contribution >= 0.6 is 27.3 Å². The largest absolute Gasteiger partial charge is 0.493 e. The molecule has 0 N–H and O–H groups in total. The van der Waals surface area contributed by atoms with Gasteiger partial charge in [0.1, 0.15) is 18.1 Å². The lowest BCUT2D eigenvalue weighted by Gasteiger charge is -2.12. The molecule has 2 rings (SSSR count). The van der Waals surface area contributed by atoms with Gasteiger partial charge in [-0.3, -0.25) is 4.98 Å². The SMILES string of the molecule is CCCOc1ccc(CBr)c(OCc2cncs2)c1. The van der Waals surface area contributed by atoms with Gasteiger partial charge in [-0.15, -0.1) is 11.3 Å². The molecule has 0 saturated heterocycles. The summed E-state index contributed by atoms with van der Waals surface area (Å²) in [4.78, 5) is 5.15. The quantitative estimate of drug-likeness (QED) is 0.699. The van der Waals surface area contributed by atoms with E-state index in [1.165, 1.54) is 0 Å². The maximum absolute atomic E-state index is 5.85. The van der Waals surface area contributed by atoms with E-state index in [2.05, 4.69) is 27.8 Å². The lowest BCUT2D eigenvalue weighted by Crippen LogP contribution is -1.99. The number of hydrogen-bond acceptors (Lipinski definition) is 4. The van der Waals surface area contributed by atoms with Crippen LogP contribution in [-0.4, -0.2) is 11.6 Å². The van der Waals surface area contributed by atoms with Crippen molar-refractivity contribution in [1.29, 1.82) is 0 Å². The molecule has 5 heteroatoms. The van der Waals surface area contributed by atoms with Crippen LogP contribution in [0, 0.1) is 0 Å². The molecule has 0 aliphatic heterocycles. The third kappa shape index (κ3) is 4.21. The Morgan fingerprint density at radius 2 is 2.21 bits per heavy atom. The second-order valence-electron chi connectivity index (χ2n) is 4.01. The van der Waals surface area contributed by atoms with Crippen LogP contribution in [0.1, 0.15) is 23.8 Å². The van der Waals surface area contributed by atoms with Crippen molar-refractivity contribution in [2.24, 2.45) is 0 Å². The lowest BCUT2D eigenvalue weighted by atomic mass is 10.2. The normalized spacial score (nSPS) is 10.4. The highest BCUT2D eigenvalue weighted by atomic mass is 79.9. The van der Waals surface area contributed by atoms with Gasteiger partial charge in [-0.05, 0) is 12.5 Å². The standard InChI is InChI=1S/C14H16BrNO2S/c1-2-5-17-12-4-3-11(7-15)14(6-12)18-9-13-8-16-10-19-13/h3-4,6,8,10H,2,5,7,9H2,1H3. The number of nitrogens with zero attached hydrogens (tertiary/aromatic N) is 1. The Kier molecular flexibility index (Phi) is 5.66. The van der Waals surface area contributed by atoms with Crippen molar-refractivity contribution in [2.45, 2.75) is 25.3 Å². The Morgan fingerprint density at radius 1 is 1.32 bits per heavy atom. The average Bonchev–Trinajstić information content (AvgIpc) is 2.96. The molecule has 0 atom stereocenters. The molecule has 0 aliphatic rings. The van der Waals surface area contributed by atoms with Crippen molar-refractivity contribution in [2.75, 3.05) is 6.61 Å². The Hall–Kier alpha value is -1.07. The van der Waals surface area contributed by atoms with Gasteiger partial charge in [0.2, 0.25) is 0 Å². The Labute approximate surface area is 125 Å². The number of alkyl halides is 1. The van der Waals surface area contributed by atoms with Crippen molar-refractivity contribution in [1.82, 2.24) is 4.98 Å². The van der Waals surface area contributed by atoms with E-state index in [-0.39, 0.29) is 0 Å². The molecule has 102 valence electrons. The number of hydrogen-bond donors (Lipinski definition) is 0. The summed E-state index contributed by atoms with van der Waals surface area (Å²) >= 11 is 5.07. The summed E-state index contributed by atoms with van der Waals surface area (Å²) < 4.78 is 11.5. The van der Waals surface area contributed by atoms with Gasteiger partial charge in [-0.2, -0.15) is 0 Å². The van der Waals surface area contributed by atoms with Gasteiger partial charge in [0, 0.05) is 23.2 Å². The first-order valence-electron chi connectivity index (χ1n) is 6.15. The monoisotopic (exact) mass is 341 g/mol. The molecule has 0 bridgehead atoms. The molecule has 3 nitrogen and oxygen atoms in total. The fourth-order valence-electron chi connectivity index (χ4n) is 1.55. The maximum atomic E-state index is 5.85. The van der Waals surface area contributed by atoms with Gasteiger partial charge in [-0.1, -0.05) is 28.9 Å². The predicted octanol–water partition coefficient (Wildman–Crippen LogP) is 4.41. The van der Waals surface area contributed by atoms with Crippen LogP contribution < -0.4 is 9.47 Å². The van der Waals surface area contributed by atoms with Gasteiger partial charge in [0.05, 0.1) is 17.0 Å². The van der Waals surface area contributed by atoms with Crippen molar-refractivity contribution in [3.8, 4) is 11.5 Å². The van der Waals surface area contributed by atoms with Crippen molar-refractivity contribution in [3.63, 3.8) is 0 Å². The average molecular weight is 342 g/mol. The summed E-state index contributed by atoms with van der Waals surface area (Å²) in [5, 5.41) is 0.763. The van der Waals surface area contributed by atoms with Gasteiger partial charge < -0.3 is 9.47 Å². The Balaban J connectivity index is 2.07. The van der Waals surface area contributed by atoms with Crippen LogP contribution in [0.15, 0.2) is 29.9 Å². The molecule has 0 saturated carbocycles. The number of halogens is 1. The second-order valence-corrected chi connectivity index (χ2v) is 5.54. The van der Waals surface area contributed by atoms with E-state index in [0.29, 0.717) is 6.61 Å². The zero-order chi connectivity index (χ0) is 13.5. The minimum atomic E-state index is 0.544. The van der Waals surface area contributed by atoms with Crippen LogP contribution in [0.25, 0.3) is 0 Å². The first kappa shape index (κ1) is 14.3. The van der Waals surface area contributed by atoms with Gasteiger partial charge in [-0.25, -0.2) is 0 Å². The number of rotatable bonds is 7. The van der Waals surface area contributed by atoms with E-state index < -0.39 is 0 Å². The third-order valence-corrected chi connectivity index (χ3v) is 3.87. The molecule has 1 heterocycles. The number of thiazole rings is 1. The minimum Gasteiger partial charge on any atom is -0.493 e. The zero-order valence-corrected chi connectivity index (χ0v) is 13.2. The van der Waals surface area contributed by atoms with Gasteiger partial charge >= 0.3 is 0 Å². The molecule has 2 aromatic rings. The van der Waals surface area contributed by atoms with Crippen LogP contribution in [0.2, 0.25) is 0 Å². The van der Waals surface area contributed by atoms with Crippen molar-refractivity contribution >= 4 is 27.3 Å². The highest BCUT2D eigenvalue weighted by molar-refractivity contribution is 9.08. The second kappa shape index (κ2) is 7.50. The Bertz CT molecular complexity index is 502. The van der Waals surface area contributed by atoms with Crippen LogP contribution in [0.3, 0.4) is 0 Å². The maximum Gasteiger partial charge on any atom is 0.127 e. The minimum absolute atomic E-state index is 0.544. The lowest BCUT2D eigenvalue weighted by molar-refractivity contribution is 0.295. The highest BCUT2D eigenvalue weighted by Gasteiger charge is 2.06. The molecule has 0 amide bonds. The molecule has 0 fully saturated rings. The smallest absolute Gasteiger partial charge is 0.127 e. The van der Waals surface area contributed by atoms with Crippen molar-refractivity contribution in [3.05, 3.63) is 40.3 Å². The van der Waals surface area contributed by atoms with E-state index in [1.54, 1.807) is 11.3 Å². The Morgan fingerprint density at radius 3 is 2.89 bits per heavy atom. The summed E-state index contributed by atoms with van der Waals surface area (Å²) in [5.74, 6) is 1.71. The van der Waals surface area contributed by atoms with E-state index in [4.69, 9.17) is 9.47 Å². The van der Waals surface area contributed by atoms with Gasteiger partial charge in [0.15, 0.2) is 0 Å². The molecule has 0 radical (unpaired) electrons. The van der Waals surface area contributed by atoms with E-state index in [0.717, 1.165) is 40.3 Å². The van der Waals surface area contributed by atoms with Crippen LogP contribution in [0.4, 0.5) is 0 Å². The van der Waals surface area contributed by atoms with Crippen LogP contribution in [0.5, 0.6) is 11.5 Å². The summed E-state index contributed by atoms with van der Waals surface area (Å²) in [6.07, 6.45) is 2.83. The van der Waals surface area contributed by atoms with E-state index in [9.17, 15) is 0 Å².